The minimum absolute atomic E-state index is 0. The van der Waals surface area contributed by atoms with Crippen LogP contribution in [0.1, 0.15) is 23.2 Å². The van der Waals surface area contributed by atoms with Crippen LogP contribution in [0.15, 0.2) is 18.2 Å². The van der Waals surface area contributed by atoms with Gasteiger partial charge in [0.15, 0.2) is 0 Å². The molecule has 0 spiro atoms. The van der Waals surface area contributed by atoms with Crippen LogP contribution >= 0.6 is 24.0 Å². The molecule has 1 aliphatic carbocycles. The van der Waals surface area contributed by atoms with Gasteiger partial charge in [0.05, 0.1) is 4.92 Å². The van der Waals surface area contributed by atoms with Crippen LogP contribution in [0.4, 0.5) is 5.69 Å². The van der Waals surface area contributed by atoms with Gasteiger partial charge in [0.25, 0.3) is 11.6 Å². The van der Waals surface area contributed by atoms with Crippen LogP contribution in [0.3, 0.4) is 0 Å². The molecular weight excluding hydrogens is 329 g/mol. The van der Waals surface area contributed by atoms with Gasteiger partial charge < -0.3 is 10.6 Å². The topological polar surface area (TPSA) is 89.5 Å². The Hall–Kier alpha value is -1.37. The summed E-state index contributed by atoms with van der Waals surface area (Å²) in [5.74, 6) is 0.440. The minimum atomic E-state index is -0.568. The molecule has 1 aromatic rings. The highest BCUT2D eigenvalue weighted by atomic mass is 35.5. The maximum Gasteiger partial charge on any atom is 0.283 e. The van der Waals surface area contributed by atoms with Crippen molar-refractivity contribution < 1.29 is 9.72 Å². The first-order valence-corrected chi connectivity index (χ1v) is 7.34. The maximum atomic E-state index is 12.6. The summed E-state index contributed by atoms with van der Waals surface area (Å²) >= 11 is 5.78. The number of hydrogen-bond donors (Lipinski definition) is 1. The Balaban J connectivity index is 0.00000176. The molecule has 120 valence electrons. The van der Waals surface area contributed by atoms with E-state index in [1.807, 2.05) is 0 Å². The summed E-state index contributed by atoms with van der Waals surface area (Å²) in [5, 5.41) is 11.3. The Kier molecular flexibility index (Phi) is 4.94. The normalized spacial score (nSPS) is 26.5. The zero-order chi connectivity index (χ0) is 15.1. The first-order chi connectivity index (χ1) is 9.97. The van der Waals surface area contributed by atoms with E-state index in [-0.39, 0.29) is 40.6 Å². The smallest absolute Gasteiger partial charge is 0.283 e. The van der Waals surface area contributed by atoms with E-state index in [2.05, 4.69) is 0 Å². The summed E-state index contributed by atoms with van der Waals surface area (Å²) in [6, 6.07) is 4.28. The lowest BCUT2D eigenvalue weighted by Gasteiger charge is -2.18. The second-order valence-electron chi connectivity index (χ2n) is 5.79. The number of carbonyl (C=O) groups excluding carboxylic acids is 1. The molecule has 3 rings (SSSR count). The third-order valence-corrected chi connectivity index (χ3v) is 4.82. The van der Waals surface area contributed by atoms with E-state index < -0.39 is 4.92 Å². The zero-order valence-corrected chi connectivity index (χ0v) is 13.3. The van der Waals surface area contributed by atoms with E-state index in [1.165, 1.54) is 18.2 Å². The lowest BCUT2D eigenvalue weighted by atomic mass is 9.98. The highest BCUT2D eigenvalue weighted by Gasteiger charge is 2.43. The second kappa shape index (κ2) is 6.40. The van der Waals surface area contributed by atoms with Crippen molar-refractivity contribution in [2.45, 2.75) is 18.9 Å². The summed E-state index contributed by atoms with van der Waals surface area (Å²) in [7, 11) is 0. The van der Waals surface area contributed by atoms with Crippen LogP contribution in [-0.2, 0) is 0 Å². The Morgan fingerprint density at radius 3 is 2.73 bits per heavy atom. The lowest BCUT2D eigenvalue weighted by Crippen LogP contribution is -2.33. The Morgan fingerprint density at radius 1 is 1.36 bits per heavy atom. The molecule has 1 saturated heterocycles. The van der Waals surface area contributed by atoms with Crippen molar-refractivity contribution in [1.82, 2.24) is 4.90 Å². The molecular formula is C14H17Cl2N3O3. The Morgan fingerprint density at radius 2 is 2.09 bits per heavy atom. The number of halogens is 2. The third kappa shape index (κ3) is 2.91. The predicted octanol–water partition coefficient (Wildman–Crippen LogP) is 2.48. The van der Waals surface area contributed by atoms with Gasteiger partial charge in [-0.2, -0.15) is 0 Å². The average molecular weight is 346 g/mol. The summed E-state index contributed by atoms with van der Waals surface area (Å²) < 4.78 is 0. The van der Waals surface area contributed by atoms with Crippen molar-refractivity contribution in [2.24, 2.45) is 17.6 Å². The predicted molar refractivity (Wildman–Crippen MR) is 85.4 cm³/mol. The van der Waals surface area contributed by atoms with Crippen molar-refractivity contribution in [3.05, 3.63) is 38.9 Å². The molecule has 3 atom stereocenters. The molecule has 0 radical (unpaired) electrons. The summed E-state index contributed by atoms with van der Waals surface area (Å²) in [6.07, 6.45) is 2.02. The molecule has 0 bridgehead atoms. The highest BCUT2D eigenvalue weighted by Crippen LogP contribution is 2.38. The van der Waals surface area contributed by atoms with E-state index in [9.17, 15) is 14.9 Å². The average Bonchev–Trinajstić information content (AvgIpc) is 3.00. The van der Waals surface area contributed by atoms with Gasteiger partial charge in [0, 0.05) is 30.2 Å². The molecule has 2 aliphatic rings. The van der Waals surface area contributed by atoms with E-state index in [1.54, 1.807) is 4.90 Å². The molecule has 22 heavy (non-hydrogen) atoms. The molecule has 1 aliphatic heterocycles. The fourth-order valence-corrected chi connectivity index (χ4v) is 3.65. The van der Waals surface area contributed by atoms with Crippen LogP contribution < -0.4 is 5.73 Å². The van der Waals surface area contributed by atoms with Gasteiger partial charge >= 0.3 is 0 Å². The van der Waals surface area contributed by atoms with Gasteiger partial charge in [0.2, 0.25) is 0 Å². The SMILES string of the molecule is Cl.NC1CCC2CN(C(=O)c3ccc(Cl)cc3[N+](=O)[O-])CC12. The number of nitro benzene ring substituents is 1. The van der Waals surface area contributed by atoms with Crippen LogP contribution in [0.5, 0.6) is 0 Å². The van der Waals surface area contributed by atoms with Gasteiger partial charge in [-0.1, -0.05) is 11.6 Å². The van der Waals surface area contributed by atoms with Crippen molar-refractivity contribution in [3.63, 3.8) is 0 Å². The molecule has 1 heterocycles. The van der Waals surface area contributed by atoms with Gasteiger partial charge in [0.1, 0.15) is 5.56 Å². The zero-order valence-electron chi connectivity index (χ0n) is 11.8. The number of nitrogens with zero attached hydrogens (tertiary/aromatic N) is 2. The third-order valence-electron chi connectivity index (χ3n) is 4.59. The largest absolute Gasteiger partial charge is 0.338 e. The molecule has 1 saturated carbocycles. The molecule has 6 nitrogen and oxygen atoms in total. The fraction of sp³-hybridized carbons (Fsp3) is 0.500. The molecule has 2 N–H and O–H groups in total. The number of fused-ring (bicyclic) bond motifs is 1. The van der Waals surface area contributed by atoms with Gasteiger partial charge in [-0.3, -0.25) is 14.9 Å². The number of benzene rings is 1. The maximum absolute atomic E-state index is 12.6. The summed E-state index contributed by atoms with van der Waals surface area (Å²) in [6.45, 7) is 1.22. The number of nitrogens with two attached hydrogens (primary N) is 1. The van der Waals surface area contributed by atoms with Crippen molar-refractivity contribution in [3.8, 4) is 0 Å². The summed E-state index contributed by atoms with van der Waals surface area (Å²) in [5.41, 5.74) is 5.91. The standard InChI is InChI=1S/C14H16ClN3O3.ClH/c15-9-2-3-10(13(5-9)18(20)21)14(19)17-6-8-1-4-12(16)11(8)7-17;/h2-3,5,8,11-12H,1,4,6-7,16H2;1H. The lowest BCUT2D eigenvalue weighted by molar-refractivity contribution is -0.385. The van der Waals surface area contributed by atoms with Crippen LogP contribution in [0, 0.1) is 22.0 Å². The highest BCUT2D eigenvalue weighted by molar-refractivity contribution is 6.31. The Labute approximate surface area is 139 Å². The van der Waals surface area contributed by atoms with E-state index in [4.69, 9.17) is 17.3 Å². The molecule has 1 aromatic carbocycles. The number of carbonyl (C=O) groups is 1. The fourth-order valence-electron chi connectivity index (χ4n) is 3.48. The molecule has 2 fully saturated rings. The van der Waals surface area contributed by atoms with Crippen molar-refractivity contribution in [1.29, 1.82) is 0 Å². The van der Waals surface area contributed by atoms with Gasteiger partial charge in [-0.05, 0) is 36.8 Å². The van der Waals surface area contributed by atoms with E-state index in [0.717, 1.165) is 12.8 Å². The number of likely N-dealkylation sites (tertiary alicyclic amines) is 1. The molecule has 3 unspecified atom stereocenters. The number of amides is 1. The molecule has 1 amide bonds. The minimum Gasteiger partial charge on any atom is -0.338 e. The second-order valence-corrected chi connectivity index (χ2v) is 6.23. The first-order valence-electron chi connectivity index (χ1n) is 6.96. The quantitative estimate of drug-likeness (QED) is 0.658. The van der Waals surface area contributed by atoms with Gasteiger partial charge in [-0.25, -0.2) is 0 Å². The molecule has 0 aromatic heterocycles. The number of hydrogen-bond acceptors (Lipinski definition) is 4. The van der Waals surface area contributed by atoms with Gasteiger partial charge in [-0.15, -0.1) is 12.4 Å². The monoisotopic (exact) mass is 345 g/mol. The van der Waals surface area contributed by atoms with Crippen molar-refractivity contribution in [2.75, 3.05) is 13.1 Å². The first kappa shape index (κ1) is 17.0. The van der Waals surface area contributed by atoms with Crippen molar-refractivity contribution >= 4 is 35.6 Å². The van der Waals surface area contributed by atoms with Crippen LogP contribution in [0.25, 0.3) is 0 Å². The Bertz CT molecular complexity index is 611. The number of rotatable bonds is 2. The molecule has 8 heteroatoms. The van der Waals surface area contributed by atoms with Crippen LogP contribution in [0.2, 0.25) is 5.02 Å². The summed E-state index contributed by atoms with van der Waals surface area (Å²) in [4.78, 5) is 24.8. The van der Waals surface area contributed by atoms with Crippen LogP contribution in [-0.4, -0.2) is 34.9 Å². The van der Waals surface area contributed by atoms with E-state index >= 15 is 0 Å². The number of nitro groups is 1. The van der Waals surface area contributed by atoms with E-state index in [0.29, 0.717) is 24.9 Å².